The molecule has 1 fully saturated rings. The molecule has 1 saturated carbocycles. The lowest BCUT2D eigenvalue weighted by Crippen LogP contribution is -2.62. The second-order valence-electron chi connectivity index (χ2n) is 9.58. The molecule has 0 saturated heterocycles. The Kier molecular flexibility index (Phi) is 6.33. The molecular formula is C25H28F2N2O5. The number of aryl methyl sites for hydroxylation is 1. The van der Waals surface area contributed by atoms with E-state index in [0.717, 1.165) is 12.1 Å². The molecule has 1 aromatic heterocycles. The molecule has 34 heavy (non-hydrogen) atoms. The quantitative estimate of drug-likeness (QED) is 0.623. The number of fused-ring (bicyclic) bond motifs is 2. The summed E-state index contributed by atoms with van der Waals surface area (Å²) in [5, 5.41) is 10.8. The highest BCUT2D eigenvalue weighted by atomic mass is 19.1. The Morgan fingerprint density at radius 3 is 2.59 bits per heavy atom. The minimum atomic E-state index is -0.919. The van der Waals surface area contributed by atoms with Crippen LogP contribution in [0, 0.1) is 17.6 Å². The molecule has 0 unspecified atom stereocenters. The van der Waals surface area contributed by atoms with Crippen molar-refractivity contribution in [3.63, 3.8) is 0 Å². The lowest BCUT2D eigenvalue weighted by molar-refractivity contribution is -0.0284. The average molecular weight is 475 g/mol. The second-order valence-corrected chi connectivity index (χ2v) is 9.58. The molecule has 1 aromatic carbocycles. The van der Waals surface area contributed by atoms with Gasteiger partial charge in [0.2, 0.25) is 5.43 Å². The lowest BCUT2D eigenvalue weighted by Gasteiger charge is -2.55. The maximum absolute atomic E-state index is 14.0. The Bertz CT molecular complexity index is 1200. The number of Topliss-reactive ketones (excluding diaryl/α,β-unsaturated/α-hetero) is 1. The molecule has 1 spiro atoms. The Hall–Kier alpha value is -3.07. The zero-order chi connectivity index (χ0) is 24.8. The summed E-state index contributed by atoms with van der Waals surface area (Å²) in [5.41, 5.74) is -1.68. The van der Waals surface area contributed by atoms with Gasteiger partial charge in [0.05, 0.1) is 11.1 Å². The zero-order valence-electron chi connectivity index (χ0n) is 19.4. The fourth-order valence-electron chi connectivity index (χ4n) is 5.20. The van der Waals surface area contributed by atoms with Crippen molar-refractivity contribution in [2.75, 3.05) is 20.3 Å². The van der Waals surface area contributed by atoms with Gasteiger partial charge in [-0.05, 0) is 50.7 Å². The number of pyridine rings is 1. The first-order valence-corrected chi connectivity index (χ1v) is 11.3. The largest absolute Gasteiger partial charge is 0.503 e. The second kappa shape index (κ2) is 8.94. The van der Waals surface area contributed by atoms with Crippen molar-refractivity contribution >= 4 is 11.7 Å². The van der Waals surface area contributed by atoms with Gasteiger partial charge in [-0.15, -0.1) is 0 Å². The van der Waals surface area contributed by atoms with Crippen LogP contribution in [0.1, 0.15) is 59.5 Å². The van der Waals surface area contributed by atoms with Crippen molar-refractivity contribution in [3.8, 4) is 5.75 Å². The minimum absolute atomic E-state index is 0.0337. The first kappa shape index (κ1) is 24.1. The van der Waals surface area contributed by atoms with E-state index in [1.54, 1.807) is 16.6 Å². The third-order valence-corrected chi connectivity index (χ3v) is 6.92. The Morgan fingerprint density at radius 2 is 1.97 bits per heavy atom. The molecule has 1 N–H and O–H groups in total. The molecule has 2 aliphatic rings. The van der Waals surface area contributed by atoms with Gasteiger partial charge in [0.1, 0.15) is 11.6 Å². The lowest BCUT2D eigenvalue weighted by atomic mass is 9.66. The van der Waals surface area contributed by atoms with Crippen LogP contribution in [-0.4, -0.2) is 52.6 Å². The highest BCUT2D eigenvalue weighted by Crippen LogP contribution is 2.48. The highest BCUT2D eigenvalue weighted by molar-refractivity contribution is 6.00. The van der Waals surface area contributed by atoms with Crippen LogP contribution >= 0.6 is 0 Å². The van der Waals surface area contributed by atoms with Gasteiger partial charge in [-0.3, -0.25) is 14.4 Å². The Balaban J connectivity index is 1.70. The number of carbonyl (C=O) groups is 2. The number of hydrogen-bond donors (Lipinski definition) is 1. The summed E-state index contributed by atoms with van der Waals surface area (Å²) in [6.07, 6.45) is 2.47. The summed E-state index contributed by atoms with van der Waals surface area (Å²) in [4.78, 5) is 40.7. The van der Waals surface area contributed by atoms with E-state index < -0.39 is 40.0 Å². The molecule has 182 valence electrons. The predicted octanol–water partition coefficient (Wildman–Crippen LogP) is 3.26. The van der Waals surface area contributed by atoms with Crippen LogP contribution in [0.15, 0.2) is 29.2 Å². The van der Waals surface area contributed by atoms with Crippen molar-refractivity contribution in [2.24, 2.45) is 5.92 Å². The van der Waals surface area contributed by atoms with Crippen molar-refractivity contribution in [1.29, 1.82) is 0 Å². The van der Waals surface area contributed by atoms with Gasteiger partial charge in [-0.1, -0.05) is 6.07 Å². The summed E-state index contributed by atoms with van der Waals surface area (Å²) >= 11 is 0. The third-order valence-electron chi connectivity index (χ3n) is 6.92. The fourth-order valence-corrected chi connectivity index (χ4v) is 5.20. The fraction of sp³-hybridized carbons (Fsp3) is 0.480. The van der Waals surface area contributed by atoms with E-state index in [1.165, 1.54) is 12.3 Å². The standard InChI is InChI=1S/C25H28F2N2O5/c1-14(2)28-13-25(9-15(10-25)12-34-3)29-11-18(22(31)23(32)21(29)24(28)33)20(30)7-5-16-4-6-17(26)8-19(16)27/h4,6,8,11,14-15,32H,5,7,9-10,12-13H2,1-3H3. The summed E-state index contributed by atoms with van der Waals surface area (Å²) in [6.45, 7) is 4.68. The number of nitrogens with zero attached hydrogens (tertiary/aromatic N) is 2. The summed E-state index contributed by atoms with van der Waals surface area (Å²) < 4.78 is 34.0. The number of halogens is 2. The maximum atomic E-state index is 14.0. The Morgan fingerprint density at radius 1 is 1.26 bits per heavy atom. The normalized spacial score (nSPS) is 21.6. The van der Waals surface area contributed by atoms with Crippen LogP contribution in [0.2, 0.25) is 0 Å². The first-order valence-electron chi connectivity index (χ1n) is 11.3. The van der Waals surface area contributed by atoms with Gasteiger partial charge >= 0.3 is 0 Å². The molecule has 2 heterocycles. The van der Waals surface area contributed by atoms with Crippen molar-refractivity contribution in [2.45, 2.75) is 51.1 Å². The van der Waals surface area contributed by atoms with E-state index in [9.17, 15) is 28.3 Å². The van der Waals surface area contributed by atoms with Crippen molar-refractivity contribution in [3.05, 3.63) is 63.1 Å². The smallest absolute Gasteiger partial charge is 0.274 e. The summed E-state index contributed by atoms with van der Waals surface area (Å²) in [7, 11) is 1.62. The van der Waals surface area contributed by atoms with E-state index in [1.807, 2.05) is 13.8 Å². The van der Waals surface area contributed by atoms with E-state index in [2.05, 4.69) is 0 Å². The van der Waals surface area contributed by atoms with Crippen LogP contribution in [0.4, 0.5) is 8.78 Å². The van der Waals surface area contributed by atoms with Gasteiger partial charge in [0.25, 0.3) is 5.91 Å². The number of ketones is 1. The number of rotatable bonds is 7. The van der Waals surface area contributed by atoms with Crippen LogP contribution in [0.3, 0.4) is 0 Å². The predicted molar refractivity (Wildman–Crippen MR) is 120 cm³/mol. The molecule has 1 aliphatic heterocycles. The van der Waals surface area contributed by atoms with E-state index in [-0.39, 0.29) is 41.6 Å². The number of amides is 1. The van der Waals surface area contributed by atoms with Gasteiger partial charge in [0.15, 0.2) is 17.2 Å². The van der Waals surface area contributed by atoms with E-state index >= 15 is 0 Å². The molecule has 1 amide bonds. The van der Waals surface area contributed by atoms with E-state index in [0.29, 0.717) is 26.0 Å². The van der Waals surface area contributed by atoms with Crippen LogP contribution < -0.4 is 5.43 Å². The molecule has 0 radical (unpaired) electrons. The molecule has 4 rings (SSSR count). The van der Waals surface area contributed by atoms with Crippen molar-refractivity contribution < 1.29 is 28.2 Å². The van der Waals surface area contributed by atoms with Gasteiger partial charge in [0, 0.05) is 45.0 Å². The first-order chi connectivity index (χ1) is 16.1. The topological polar surface area (TPSA) is 88.8 Å². The zero-order valence-corrected chi connectivity index (χ0v) is 19.4. The number of benzene rings is 1. The number of aromatic nitrogens is 1. The van der Waals surface area contributed by atoms with Crippen LogP contribution in [0.5, 0.6) is 5.75 Å². The monoisotopic (exact) mass is 474 g/mol. The average Bonchev–Trinajstić information content (AvgIpc) is 2.75. The molecular weight excluding hydrogens is 446 g/mol. The number of hydrogen-bond acceptors (Lipinski definition) is 5. The van der Waals surface area contributed by atoms with Gasteiger partial charge < -0.3 is 19.3 Å². The third kappa shape index (κ3) is 4.02. The molecule has 0 bridgehead atoms. The number of aromatic hydroxyl groups is 1. The maximum Gasteiger partial charge on any atom is 0.274 e. The molecule has 7 nitrogen and oxygen atoms in total. The number of ether oxygens (including phenoxy) is 1. The summed E-state index contributed by atoms with van der Waals surface area (Å²) in [6, 6.07) is 2.96. The summed E-state index contributed by atoms with van der Waals surface area (Å²) in [5.74, 6) is -3.03. The van der Waals surface area contributed by atoms with Crippen molar-refractivity contribution in [1.82, 2.24) is 9.47 Å². The van der Waals surface area contributed by atoms with Gasteiger partial charge in [-0.2, -0.15) is 0 Å². The molecule has 9 heteroatoms. The van der Waals surface area contributed by atoms with Crippen LogP contribution in [0.25, 0.3) is 0 Å². The Labute approximate surface area is 195 Å². The number of carbonyl (C=O) groups excluding carboxylic acids is 2. The molecule has 1 aliphatic carbocycles. The van der Waals surface area contributed by atoms with Gasteiger partial charge in [-0.25, -0.2) is 8.78 Å². The van der Waals surface area contributed by atoms with Crippen LogP contribution in [-0.2, 0) is 16.7 Å². The number of methoxy groups -OCH3 is 1. The molecule has 2 aromatic rings. The highest BCUT2D eigenvalue weighted by Gasteiger charge is 2.52. The SMILES string of the molecule is COCC1CC2(C1)CN(C(C)C)C(=O)c1c(O)c(=O)c(C(=O)CCc3ccc(F)cc3F)cn12. The minimum Gasteiger partial charge on any atom is -0.503 e. The molecule has 0 atom stereocenters. The van der Waals surface area contributed by atoms with E-state index in [4.69, 9.17) is 4.74 Å².